The quantitative estimate of drug-likeness (QED) is 0.577. The van der Waals surface area contributed by atoms with Crippen LogP contribution in [0.1, 0.15) is 23.7 Å². The maximum atomic E-state index is 12.9. The van der Waals surface area contributed by atoms with E-state index in [-0.39, 0.29) is 31.0 Å². The Balaban J connectivity index is 1.57. The molecule has 0 spiro atoms. The highest BCUT2D eigenvalue weighted by molar-refractivity contribution is 6.00. The Hall–Kier alpha value is -3.22. The minimum absolute atomic E-state index is 0.0683. The van der Waals surface area contributed by atoms with Crippen LogP contribution in [-0.4, -0.2) is 36.9 Å². The zero-order valence-corrected chi connectivity index (χ0v) is 14.7. The molecule has 0 aliphatic carbocycles. The van der Waals surface area contributed by atoms with Crippen LogP contribution in [0.2, 0.25) is 0 Å². The number of carbonyl (C=O) groups excluding carboxylic acids is 3. The molecule has 1 amide bonds. The third-order valence-corrected chi connectivity index (χ3v) is 4.15. The number of ketones is 1. The normalized spacial score (nSPS) is 14.1. The summed E-state index contributed by atoms with van der Waals surface area (Å²) in [5.74, 6) is -1.15. The average molecular weight is 371 g/mol. The van der Waals surface area contributed by atoms with Gasteiger partial charge in [-0.1, -0.05) is 12.1 Å². The lowest BCUT2D eigenvalue weighted by atomic mass is 10.1. The topological polar surface area (TPSA) is 72.9 Å². The van der Waals surface area contributed by atoms with Gasteiger partial charge in [-0.15, -0.1) is 0 Å². The number of para-hydroxylation sites is 2. The van der Waals surface area contributed by atoms with E-state index in [1.165, 1.54) is 36.1 Å². The summed E-state index contributed by atoms with van der Waals surface area (Å²) >= 11 is 0. The van der Waals surface area contributed by atoms with E-state index in [1.54, 1.807) is 24.3 Å². The number of hydrogen-bond acceptors (Lipinski definition) is 5. The number of rotatable bonds is 6. The van der Waals surface area contributed by atoms with Gasteiger partial charge in [0.1, 0.15) is 11.6 Å². The van der Waals surface area contributed by atoms with Gasteiger partial charge in [0.25, 0.3) is 5.91 Å². The van der Waals surface area contributed by atoms with Gasteiger partial charge in [-0.2, -0.15) is 0 Å². The predicted molar refractivity (Wildman–Crippen MR) is 95.2 cm³/mol. The molecule has 1 aliphatic heterocycles. The number of benzene rings is 2. The fraction of sp³-hybridized carbons (Fsp3) is 0.250. The van der Waals surface area contributed by atoms with Crippen molar-refractivity contribution in [3.8, 4) is 5.75 Å². The van der Waals surface area contributed by atoms with Gasteiger partial charge in [0.15, 0.2) is 12.7 Å². The Morgan fingerprint density at radius 1 is 1.19 bits per heavy atom. The highest BCUT2D eigenvalue weighted by Gasteiger charge is 2.26. The van der Waals surface area contributed by atoms with Crippen molar-refractivity contribution in [1.29, 1.82) is 0 Å². The molecule has 0 N–H and O–H groups in total. The first kappa shape index (κ1) is 18.6. The van der Waals surface area contributed by atoms with Crippen LogP contribution in [0.5, 0.6) is 5.75 Å². The van der Waals surface area contributed by atoms with Gasteiger partial charge in [-0.3, -0.25) is 14.4 Å². The number of esters is 1. The van der Waals surface area contributed by atoms with Crippen LogP contribution >= 0.6 is 0 Å². The molecule has 140 valence electrons. The number of amides is 1. The summed E-state index contributed by atoms with van der Waals surface area (Å²) in [4.78, 5) is 37.9. The second kappa shape index (κ2) is 7.99. The van der Waals surface area contributed by atoms with Gasteiger partial charge >= 0.3 is 5.97 Å². The SMILES string of the molecule is C[C@@H](OC(=O)CCN1C(=O)COc2ccccc21)C(=O)c1ccc(F)cc1. The molecule has 0 saturated heterocycles. The lowest BCUT2D eigenvalue weighted by Gasteiger charge is -2.29. The molecule has 0 fully saturated rings. The molecular formula is C20H18FNO5. The first-order valence-electron chi connectivity index (χ1n) is 8.47. The number of nitrogens with zero attached hydrogens (tertiary/aromatic N) is 1. The molecule has 2 aromatic rings. The van der Waals surface area contributed by atoms with Crippen LogP contribution in [0.4, 0.5) is 10.1 Å². The third kappa shape index (κ3) is 4.31. The molecule has 0 bridgehead atoms. The van der Waals surface area contributed by atoms with Gasteiger partial charge in [-0.05, 0) is 43.3 Å². The number of ether oxygens (including phenoxy) is 2. The summed E-state index contributed by atoms with van der Waals surface area (Å²) in [6, 6.07) is 12.1. The Kier molecular flexibility index (Phi) is 5.49. The maximum absolute atomic E-state index is 12.9. The number of fused-ring (bicyclic) bond motifs is 1. The Morgan fingerprint density at radius 3 is 2.63 bits per heavy atom. The van der Waals surface area contributed by atoms with Gasteiger partial charge in [0.2, 0.25) is 5.78 Å². The first-order valence-corrected chi connectivity index (χ1v) is 8.47. The summed E-state index contributed by atoms with van der Waals surface area (Å²) in [6.07, 6.45) is -1.07. The van der Waals surface area contributed by atoms with Crippen LogP contribution in [0.25, 0.3) is 0 Å². The molecule has 1 aliphatic rings. The van der Waals surface area contributed by atoms with Crippen molar-refractivity contribution >= 4 is 23.3 Å². The maximum Gasteiger partial charge on any atom is 0.308 e. The molecule has 0 aromatic heterocycles. The van der Waals surface area contributed by atoms with E-state index in [2.05, 4.69) is 0 Å². The van der Waals surface area contributed by atoms with E-state index < -0.39 is 23.7 Å². The standard InChI is InChI=1S/C20H18FNO5/c1-13(20(25)14-6-8-15(21)9-7-14)27-19(24)10-11-22-16-4-2-3-5-17(16)26-12-18(22)23/h2-9,13H,10-12H2,1H3/t13-/m1/s1. The van der Waals surface area contributed by atoms with Crippen molar-refractivity contribution in [3.63, 3.8) is 0 Å². The largest absolute Gasteiger partial charge is 0.482 e. The minimum atomic E-state index is -1.00. The van der Waals surface area contributed by atoms with E-state index in [0.717, 1.165) is 0 Å². The third-order valence-electron chi connectivity index (χ3n) is 4.15. The summed E-state index contributed by atoms with van der Waals surface area (Å²) in [6.45, 7) is 1.49. The number of anilines is 1. The predicted octanol–water partition coefficient (Wildman–Crippen LogP) is 2.76. The molecule has 27 heavy (non-hydrogen) atoms. The first-order chi connectivity index (χ1) is 13.0. The fourth-order valence-electron chi connectivity index (χ4n) is 2.76. The van der Waals surface area contributed by atoms with Crippen LogP contribution in [-0.2, 0) is 14.3 Å². The molecule has 1 atom stereocenters. The number of carbonyl (C=O) groups is 3. The molecule has 1 heterocycles. The molecule has 0 unspecified atom stereocenters. The molecule has 0 saturated carbocycles. The van der Waals surface area contributed by atoms with Crippen molar-refractivity contribution in [2.45, 2.75) is 19.4 Å². The van der Waals surface area contributed by atoms with Crippen molar-refractivity contribution in [2.24, 2.45) is 0 Å². The summed E-state index contributed by atoms with van der Waals surface area (Å²) in [5, 5.41) is 0. The second-order valence-electron chi connectivity index (χ2n) is 6.06. The summed E-state index contributed by atoms with van der Waals surface area (Å²) in [7, 11) is 0. The zero-order chi connectivity index (χ0) is 19.4. The van der Waals surface area contributed by atoms with Gasteiger partial charge in [0, 0.05) is 12.1 Å². The van der Waals surface area contributed by atoms with Crippen LogP contribution < -0.4 is 9.64 Å². The van der Waals surface area contributed by atoms with Gasteiger partial charge in [-0.25, -0.2) is 4.39 Å². The smallest absolute Gasteiger partial charge is 0.308 e. The van der Waals surface area contributed by atoms with Crippen LogP contribution in [0.15, 0.2) is 48.5 Å². The van der Waals surface area contributed by atoms with Crippen LogP contribution in [0, 0.1) is 5.82 Å². The molecule has 6 nitrogen and oxygen atoms in total. The van der Waals surface area contributed by atoms with E-state index in [1.807, 2.05) is 0 Å². The highest BCUT2D eigenvalue weighted by Crippen LogP contribution is 2.31. The summed E-state index contributed by atoms with van der Waals surface area (Å²) in [5.41, 5.74) is 0.853. The van der Waals surface area contributed by atoms with Gasteiger partial charge < -0.3 is 14.4 Å². The average Bonchev–Trinajstić information content (AvgIpc) is 2.67. The number of halogens is 1. The van der Waals surface area contributed by atoms with Crippen molar-refractivity contribution < 1.29 is 28.2 Å². The monoisotopic (exact) mass is 371 g/mol. The Morgan fingerprint density at radius 2 is 1.89 bits per heavy atom. The van der Waals surface area contributed by atoms with E-state index >= 15 is 0 Å². The number of Topliss-reactive ketones (excluding diaryl/α,β-unsaturated/α-hetero) is 1. The molecule has 0 radical (unpaired) electrons. The summed E-state index contributed by atoms with van der Waals surface area (Å²) < 4.78 is 23.4. The van der Waals surface area contributed by atoms with Gasteiger partial charge in [0.05, 0.1) is 12.1 Å². The van der Waals surface area contributed by atoms with Crippen LogP contribution in [0.3, 0.4) is 0 Å². The Labute approximate surface area is 155 Å². The molecule has 2 aromatic carbocycles. The van der Waals surface area contributed by atoms with Crippen molar-refractivity contribution in [1.82, 2.24) is 0 Å². The van der Waals surface area contributed by atoms with E-state index in [4.69, 9.17) is 9.47 Å². The van der Waals surface area contributed by atoms with Crippen molar-refractivity contribution in [2.75, 3.05) is 18.1 Å². The number of hydrogen-bond donors (Lipinski definition) is 0. The lowest BCUT2D eigenvalue weighted by molar-refractivity contribution is -0.146. The highest BCUT2D eigenvalue weighted by atomic mass is 19.1. The Bertz CT molecular complexity index is 865. The van der Waals surface area contributed by atoms with Crippen molar-refractivity contribution in [3.05, 3.63) is 59.9 Å². The van der Waals surface area contributed by atoms with E-state index in [9.17, 15) is 18.8 Å². The second-order valence-corrected chi connectivity index (χ2v) is 6.06. The molecular weight excluding hydrogens is 353 g/mol. The molecule has 7 heteroatoms. The molecule has 3 rings (SSSR count). The zero-order valence-electron chi connectivity index (χ0n) is 14.7. The minimum Gasteiger partial charge on any atom is -0.482 e. The van der Waals surface area contributed by atoms with E-state index in [0.29, 0.717) is 11.4 Å². The lowest BCUT2D eigenvalue weighted by Crippen LogP contribution is -2.40. The fourth-order valence-corrected chi connectivity index (χ4v) is 2.76.